The second kappa shape index (κ2) is 7.76. The Hall–Kier alpha value is -3.28. The fraction of sp³-hybridized carbons (Fsp3) is 0.273. The van der Waals surface area contributed by atoms with Gasteiger partial charge in [-0.1, -0.05) is 13.0 Å². The van der Waals surface area contributed by atoms with Gasteiger partial charge in [0.1, 0.15) is 11.3 Å². The number of anilines is 1. The number of rotatable bonds is 7. The Labute approximate surface area is 164 Å². The van der Waals surface area contributed by atoms with Crippen molar-refractivity contribution in [3.05, 3.63) is 71.9 Å². The third-order valence-electron chi connectivity index (χ3n) is 4.81. The quantitative estimate of drug-likeness (QED) is 0.501. The first kappa shape index (κ1) is 18.1. The van der Waals surface area contributed by atoms with E-state index in [1.807, 2.05) is 48.1 Å². The van der Waals surface area contributed by atoms with Crippen LogP contribution >= 0.6 is 0 Å². The van der Waals surface area contributed by atoms with Crippen molar-refractivity contribution < 1.29 is 9.15 Å². The number of methoxy groups -OCH3 is 1. The summed E-state index contributed by atoms with van der Waals surface area (Å²) >= 11 is 0. The number of oxazole rings is 1. The van der Waals surface area contributed by atoms with Gasteiger partial charge in [-0.2, -0.15) is 5.10 Å². The SMILES string of the molecule is CCc1nc2cc(NC(C)c3ccc(OC)c(Cn4cccn4)c3)ccc2o1. The summed E-state index contributed by atoms with van der Waals surface area (Å²) in [5, 5.41) is 7.85. The first-order valence-electron chi connectivity index (χ1n) is 9.46. The lowest BCUT2D eigenvalue weighted by Crippen LogP contribution is -2.09. The van der Waals surface area contributed by atoms with E-state index in [0.717, 1.165) is 40.4 Å². The Morgan fingerprint density at radius 3 is 2.86 bits per heavy atom. The molecule has 1 unspecified atom stereocenters. The van der Waals surface area contributed by atoms with Gasteiger partial charge < -0.3 is 14.5 Å². The van der Waals surface area contributed by atoms with Gasteiger partial charge in [-0.25, -0.2) is 4.98 Å². The third kappa shape index (κ3) is 3.71. The van der Waals surface area contributed by atoms with Crippen LogP contribution in [0.15, 0.2) is 59.3 Å². The molecular formula is C22H24N4O2. The Bertz CT molecular complexity index is 1070. The molecule has 2 heterocycles. The number of benzene rings is 2. The zero-order chi connectivity index (χ0) is 19.5. The van der Waals surface area contributed by atoms with E-state index in [-0.39, 0.29) is 6.04 Å². The number of nitrogens with zero attached hydrogens (tertiary/aromatic N) is 3. The second-order valence-electron chi connectivity index (χ2n) is 6.78. The van der Waals surface area contributed by atoms with Crippen LogP contribution in [0.5, 0.6) is 5.75 Å². The number of aryl methyl sites for hydroxylation is 1. The van der Waals surface area contributed by atoms with Crippen molar-refractivity contribution in [1.82, 2.24) is 14.8 Å². The van der Waals surface area contributed by atoms with Crippen LogP contribution in [0.2, 0.25) is 0 Å². The second-order valence-corrected chi connectivity index (χ2v) is 6.78. The molecule has 6 heteroatoms. The fourth-order valence-electron chi connectivity index (χ4n) is 3.31. The first-order valence-corrected chi connectivity index (χ1v) is 9.46. The molecule has 0 amide bonds. The summed E-state index contributed by atoms with van der Waals surface area (Å²) in [5.74, 6) is 1.63. The van der Waals surface area contributed by atoms with Gasteiger partial charge in [0.2, 0.25) is 0 Å². The minimum Gasteiger partial charge on any atom is -0.496 e. The highest BCUT2D eigenvalue weighted by Crippen LogP contribution is 2.27. The number of aromatic nitrogens is 3. The maximum absolute atomic E-state index is 5.69. The van der Waals surface area contributed by atoms with Gasteiger partial charge in [0.05, 0.1) is 13.7 Å². The Morgan fingerprint density at radius 1 is 1.21 bits per heavy atom. The highest BCUT2D eigenvalue weighted by Gasteiger charge is 2.12. The molecule has 0 bridgehead atoms. The van der Waals surface area contributed by atoms with E-state index in [1.54, 1.807) is 13.3 Å². The zero-order valence-electron chi connectivity index (χ0n) is 16.3. The van der Waals surface area contributed by atoms with Crippen molar-refractivity contribution in [1.29, 1.82) is 0 Å². The molecule has 0 radical (unpaired) electrons. The smallest absolute Gasteiger partial charge is 0.195 e. The lowest BCUT2D eigenvalue weighted by atomic mass is 10.0. The minimum absolute atomic E-state index is 0.122. The lowest BCUT2D eigenvalue weighted by Gasteiger charge is -2.18. The molecule has 0 spiro atoms. The molecule has 0 fully saturated rings. The van der Waals surface area contributed by atoms with Gasteiger partial charge in [0, 0.05) is 36.1 Å². The molecule has 4 rings (SSSR count). The van der Waals surface area contributed by atoms with E-state index in [2.05, 4.69) is 34.5 Å². The molecule has 0 saturated heterocycles. The van der Waals surface area contributed by atoms with Crippen LogP contribution in [0.1, 0.15) is 36.9 Å². The normalized spacial score (nSPS) is 12.2. The molecule has 2 aromatic heterocycles. The van der Waals surface area contributed by atoms with E-state index in [0.29, 0.717) is 6.54 Å². The summed E-state index contributed by atoms with van der Waals surface area (Å²) in [7, 11) is 1.70. The maximum atomic E-state index is 5.69. The zero-order valence-corrected chi connectivity index (χ0v) is 16.3. The van der Waals surface area contributed by atoms with Gasteiger partial charge in [0.15, 0.2) is 11.5 Å². The summed E-state index contributed by atoms with van der Waals surface area (Å²) in [4.78, 5) is 4.52. The predicted octanol–water partition coefficient (Wildman–Crippen LogP) is 4.82. The molecule has 0 aliphatic heterocycles. The van der Waals surface area contributed by atoms with Crippen molar-refractivity contribution >= 4 is 16.8 Å². The van der Waals surface area contributed by atoms with E-state index >= 15 is 0 Å². The van der Waals surface area contributed by atoms with Crippen molar-refractivity contribution in [3.8, 4) is 5.75 Å². The van der Waals surface area contributed by atoms with Crippen LogP contribution in [-0.2, 0) is 13.0 Å². The highest BCUT2D eigenvalue weighted by atomic mass is 16.5. The molecule has 1 N–H and O–H groups in total. The standard InChI is InChI=1S/C22H24N4O2/c1-4-22-25-19-13-18(7-9-21(19)28-22)24-15(2)16-6-8-20(27-3)17(12-16)14-26-11-5-10-23-26/h5-13,15,24H,4,14H2,1-3H3. The van der Waals surface area contributed by atoms with Crippen LogP contribution in [0.3, 0.4) is 0 Å². The van der Waals surface area contributed by atoms with E-state index in [9.17, 15) is 0 Å². The number of hydrogen-bond donors (Lipinski definition) is 1. The monoisotopic (exact) mass is 376 g/mol. The minimum atomic E-state index is 0.122. The molecular weight excluding hydrogens is 352 g/mol. The van der Waals surface area contributed by atoms with E-state index in [4.69, 9.17) is 9.15 Å². The van der Waals surface area contributed by atoms with E-state index < -0.39 is 0 Å². The predicted molar refractivity (Wildman–Crippen MR) is 110 cm³/mol. The van der Waals surface area contributed by atoms with Crippen molar-refractivity contribution in [2.24, 2.45) is 0 Å². The van der Waals surface area contributed by atoms with E-state index in [1.165, 1.54) is 5.56 Å². The Balaban J connectivity index is 1.56. The summed E-state index contributed by atoms with van der Waals surface area (Å²) in [5.41, 5.74) is 4.99. The summed E-state index contributed by atoms with van der Waals surface area (Å²) < 4.78 is 13.1. The maximum Gasteiger partial charge on any atom is 0.195 e. The number of hydrogen-bond acceptors (Lipinski definition) is 5. The molecule has 28 heavy (non-hydrogen) atoms. The van der Waals surface area contributed by atoms with Gasteiger partial charge in [-0.3, -0.25) is 4.68 Å². The van der Waals surface area contributed by atoms with Gasteiger partial charge in [-0.15, -0.1) is 0 Å². The highest BCUT2D eigenvalue weighted by molar-refractivity contribution is 5.77. The first-order chi connectivity index (χ1) is 13.7. The average molecular weight is 376 g/mol. The summed E-state index contributed by atoms with van der Waals surface area (Å²) in [6.07, 6.45) is 4.52. The largest absolute Gasteiger partial charge is 0.496 e. The van der Waals surface area contributed by atoms with Crippen LogP contribution in [0.25, 0.3) is 11.1 Å². The number of ether oxygens (including phenoxy) is 1. The van der Waals surface area contributed by atoms with Crippen molar-refractivity contribution in [2.75, 3.05) is 12.4 Å². The lowest BCUT2D eigenvalue weighted by molar-refractivity contribution is 0.407. The van der Waals surface area contributed by atoms with Crippen molar-refractivity contribution in [3.63, 3.8) is 0 Å². The molecule has 144 valence electrons. The summed E-state index contributed by atoms with van der Waals surface area (Å²) in [6, 6.07) is 14.3. The number of fused-ring (bicyclic) bond motifs is 1. The molecule has 0 aliphatic carbocycles. The molecule has 6 nitrogen and oxygen atoms in total. The van der Waals surface area contributed by atoms with Gasteiger partial charge in [0.25, 0.3) is 0 Å². The van der Waals surface area contributed by atoms with Crippen LogP contribution in [-0.4, -0.2) is 21.9 Å². The summed E-state index contributed by atoms with van der Waals surface area (Å²) in [6.45, 7) is 4.85. The molecule has 1 atom stereocenters. The van der Waals surface area contributed by atoms with Crippen molar-refractivity contribution in [2.45, 2.75) is 32.9 Å². The fourth-order valence-corrected chi connectivity index (χ4v) is 3.31. The Kier molecular flexibility index (Phi) is 5.02. The van der Waals surface area contributed by atoms with Gasteiger partial charge in [-0.05, 0) is 48.9 Å². The molecule has 0 saturated carbocycles. The molecule has 0 aliphatic rings. The third-order valence-corrected chi connectivity index (χ3v) is 4.81. The number of nitrogens with one attached hydrogen (secondary N) is 1. The van der Waals surface area contributed by atoms with Crippen LogP contribution in [0, 0.1) is 0 Å². The molecule has 4 aromatic rings. The van der Waals surface area contributed by atoms with Gasteiger partial charge >= 0.3 is 0 Å². The topological polar surface area (TPSA) is 65.1 Å². The molecule has 2 aromatic carbocycles. The average Bonchev–Trinajstić information content (AvgIpc) is 3.36. The van der Waals surface area contributed by atoms with Crippen LogP contribution < -0.4 is 10.1 Å². The van der Waals surface area contributed by atoms with Crippen LogP contribution in [0.4, 0.5) is 5.69 Å². The Morgan fingerprint density at radius 2 is 2.11 bits per heavy atom.